The summed E-state index contributed by atoms with van der Waals surface area (Å²) in [6.07, 6.45) is -12.4. The summed E-state index contributed by atoms with van der Waals surface area (Å²) in [4.78, 5) is 0. The van der Waals surface area contributed by atoms with Gasteiger partial charge in [0, 0.05) is 5.56 Å². The van der Waals surface area contributed by atoms with E-state index in [0.717, 1.165) is 12.1 Å². The van der Waals surface area contributed by atoms with Crippen molar-refractivity contribution < 1.29 is 52.7 Å². The van der Waals surface area contributed by atoms with E-state index in [2.05, 4.69) is 0 Å². The Hall–Kier alpha value is -3.70. The molecule has 0 atom stereocenters. The van der Waals surface area contributed by atoms with E-state index in [1.165, 1.54) is 48.5 Å². The third-order valence-corrected chi connectivity index (χ3v) is 6.59. The molecule has 0 aromatic heterocycles. The van der Waals surface area contributed by atoms with E-state index in [1.807, 2.05) is 0 Å². The smallest absolute Gasteiger partial charge is 0.194 e. The maximum absolute atomic E-state index is 15.6. The van der Waals surface area contributed by atoms with E-state index < -0.39 is 62.8 Å². The Bertz CT molecular complexity index is 1660. The second-order valence-corrected chi connectivity index (χ2v) is 8.96. The number of fused-ring (bicyclic) bond motifs is 4. The van der Waals surface area contributed by atoms with Gasteiger partial charge in [-0.3, -0.25) is 0 Å². The van der Waals surface area contributed by atoms with E-state index in [1.54, 1.807) is 0 Å². The molecule has 0 bridgehead atoms. The molecule has 39 heavy (non-hydrogen) atoms. The van der Waals surface area contributed by atoms with Gasteiger partial charge in [0.25, 0.3) is 0 Å². The van der Waals surface area contributed by atoms with Crippen molar-refractivity contribution in [3.63, 3.8) is 0 Å². The molecule has 5 aromatic carbocycles. The van der Waals surface area contributed by atoms with E-state index in [0.29, 0.717) is 12.1 Å². The van der Waals surface area contributed by atoms with Gasteiger partial charge in [-0.05, 0) is 67.4 Å². The highest BCUT2D eigenvalue weighted by molar-refractivity contribution is 6.14. The Morgan fingerprint density at radius 2 is 0.692 bits per heavy atom. The molecule has 0 saturated carbocycles. The van der Waals surface area contributed by atoms with Gasteiger partial charge in [-0.2, -0.15) is 52.7 Å². The largest absolute Gasteiger partial charge is 0.460 e. The third kappa shape index (κ3) is 3.78. The molecule has 12 heteroatoms. The van der Waals surface area contributed by atoms with Crippen LogP contribution in [0.4, 0.5) is 52.7 Å². The molecule has 0 saturated heterocycles. The number of benzene rings is 5. The molecule has 5 rings (SSSR count). The van der Waals surface area contributed by atoms with Crippen molar-refractivity contribution in [2.75, 3.05) is 0 Å². The van der Waals surface area contributed by atoms with Crippen molar-refractivity contribution >= 4 is 43.1 Å². The van der Waals surface area contributed by atoms with Crippen LogP contribution in [-0.2, 0) is 12.1 Å². The summed E-state index contributed by atoms with van der Waals surface area (Å²) in [5.74, 6) is -20.6. The van der Waals surface area contributed by atoms with Crippen LogP contribution in [0.2, 0.25) is 0 Å². The summed E-state index contributed by atoms with van der Waals surface area (Å²) in [7, 11) is 0. The molecule has 0 fully saturated rings. The maximum atomic E-state index is 15.6. The van der Waals surface area contributed by atoms with Crippen molar-refractivity contribution in [2.24, 2.45) is 0 Å². The van der Waals surface area contributed by atoms with Gasteiger partial charge in [-0.1, -0.05) is 48.5 Å². The van der Waals surface area contributed by atoms with Crippen molar-refractivity contribution in [1.29, 1.82) is 0 Å². The Morgan fingerprint density at radius 3 is 0.974 bits per heavy atom. The van der Waals surface area contributed by atoms with Gasteiger partial charge < -0.3 is 0 Å². The molecule has 0 aliphatic heterocycles. The molecule has 0 spiro atoms. The van der Waals surface area contributed by atoms with E-state index >= 15 is 8.78 Å². The van der Waals surface area contributed by atoms with Gasteiger partial charge in [0.05, 0.1) is 5.56 Å². The van der Waals surface area contributed by atoms with E-state index in [-0.39, 0.29) is 21.5 Å². The van der Waals surface area contributed by atoms with Crippen molar-refractivity contribution in [3.05, 3.63) is 83.9 Å². The second-order valence-electron chi connectivity index (χ2n) is 8.96. The van der Waals surface area contributed by atoms with Crippen LogP contribution in [0, 0.1) is 0 Å². The molecule has 0 amide bonds. The van der Waals surface area contributed by atoms with Crippen LogP contribution in [-0.4, -0.2) is 18.0 Å². The number of rotatable bonds is 3. The Balaban J connectivity index is 2.08. The highest BCUT2D eigenvalue weighted by Gasteiger charge is 2.82. The highest BCUT2D eigenvalue weighted by atomic mass is 19.4. The first kappa shape index (κ1) is 26.9. The van der Waals surface area contributed by atoms with E-state index in [4.69, 9.17) is 0 Å². The SMILES string of the molecule is FC(F)(F)c1c2cc3ccccc3cc2c(C(F)(F)C(F)(F)C(F)(F)C(F)(F)F)c2cc3ccccc3cc12. The Labute approximate surface area is 210 Å². The summed E-state index contributed by atoms with van der Waals surface area (Å²) in [6, 6.07) is 13.4. The van der Waals surface area contributed by atoms with Crippen LogP contribution in [0.25, 0.3) is 43.1 Å². The fourth-order valence-electron chi connectivity index (χ4n) is 4.77. The maximum Gasteiger partial charge on any atom is 0.460 e. The zero-order valence-corrected chi connectivity index (χ0v) is 19.0. The van der Waals surface area contributed by atoms with Gasteiger partial charge in [-0.25, -0.2) is 0 Å². The summed E-state index contributed by atoms with van der Waals surface area (Å²) in [5.41, 5.74) is -3.61. The molecular weight excluding hydrogens is 552 g/mol. The summed E-state index contributed by atoms with van der Waals surface area (Å²) < 4.78 is 171. The third-order valence-electron chi connectivity index (χ3n) is 6.59. The van der Waals surface area contributed by atoms with Gasteiger partial charge >= 0.3 is 30.1 Å². The topological polar surface area (TPSA) is 0 Å². The molecule has 0 unspecified atom stereocenters. The lowest BCUT2D eigenvalue weighted by molar-refractivity contribution is -0.399. The Morgan fingerprint density at radius 1 is 0.385 bits per heavy atom. The van der Waals surface area contributed by atoms with Crippen molar-refractivity contribution in [2.45, 2.75) is 30.1 Å². The molecule has 0 aliphatic rings. The molecule has 0 heterocycles. The molecule has 0 nitrogen and oxygen atoms in total. The van der Waals surface area contributed by atoms with Crippen molar-refractivity contribution in [3.8, 4) is 0 Å². The molecule has 0 aliphatic carbocycles. The lowest BCUT2D eigenvalue weighted by Crippen LogP contribution is -2.59. The fraction of sp³-hybridized carbons (Fsp3) is 0.185. The average molecular weight is 564 g/mol. The van der Waals surface area contributed by atoms with Gasteiger partial charge in [0.1, 0.15) is 0 Å². The first-order chi connectivity index (χ1) is 17.9. The standard InChI is InChI=1S/C27H12F12/c28-23(29,25(33,34)26(35,36)27(37,38)39)21-17-9-13-5-1-3-7-15(13)11-19(17)22(24(30,31)32)20-12-16-8-4-2-6-14(16)10-18(20)21/h1-12H. The highest BCUT2D eigenvalue weighted by Crippen LogP contribution is 2.59. The van der Waals surface area contributed by atoms with Crippen LogP contribution in [0.1, 0.15) is 11.1 Å². The fourth-order valence-corrected chi connectivity index (χ4v) is 4.77. The normalized spacial score (nSPS) is 14.2. The minimum atomic E-state index is -7.24. The zero-order valence-electron chi connectivity index (χ0n) is 19.0. The van der Waals surface area contributed by atoms with Gasteiger partial charge in [-0.15, -0.1) is 0 Å². The molecule has 5 aromatic rings. The number of halogens is 12. The predicted octanol–water partition coefficient (Wildman–Crippen LogP) is 10.2. The van der Waals surface area contributed by atoms with Crippen LogP contribution in [0.3, 0.4) is 0 Å². The van der Waals surface area contributed by atoms with E-state index in [9.17, 15) is 43.9 Å². The number of hydrogen-bond donors (Lipinski definition) is 0. The van der Waals surface area contributed by atoms with Crippen molar-refractivity contribution in [1.82, 2.24) is 0 Å². The summed E-state index contributed by atoms with van der Waals surface area (Å²) >= 11 is 0. The van der Waals surface area contributed by atoms with Gasteiger partial charge in [0.2, 0.25) is 0 Å². The van der Waals surface area contributed by atoms with Crippen LogP contribution >= 0.6 is 0 Å². The predicted molar refractivity (Wildman–Crippen MR) is 121 cm³/mol. The summed E-state index contributed by atoms with van der Waals surface area (Å²) in [5, 5.41) is -4.59. The lowest BCUT2D eigenvalue weighted by Gasteiger charge is -2.35. The monoisotopic (exact) mass is 564 g/mol. The quantitative estimate of drug-likeness (QED) is 0.151. The molecule has 0 N–H and O–H groups in total. The van der Waals surface area contributed by atoms with Crippen LogP contribution in [0.15, 0.2) is 72.8 Å². The minimum Gasteiger partial charge on any atom is -0.194 e. The lowest BCUT2D eigenvalue weighted by atomic mass is 9.83. The summed E-state index contributed by atoms with van der Waals surface area (Å²) in [6.45, 7) is 0. The minimum absolute atomic E-state index is 0.0405. The van der Waals surface area contributed by atoms with Crippen LogP contribution < -0.4 is 0 Å². The first-order valence-corrected chi connectivity index (χ1v) is 11.0. The molecule has 0 radical (unpaired) electrons. The zero-order chi connectivity index (χ0) is 28.8. The van der Waals surface area contributed by atoms with Gasteiger partial charge in [0.15, 0.2) is 0 Å². The van der Waals surface area contributed by atoms with Crippen LogP contribution in [0.5, 0.6) is 0 Å². The number of alkyl halides is 12. The first-order valence-electron chi connectivity index (χ1n) is 11.0. The molecule has 204 valence electrons. The Kier molecular flexibility index (Phi) is 5.62. The number of hydrogen-bond acceptors (Lipinski definition) is 0. The molecular formula is C27H12F12. The second kappa shape index (κ2) is 8.15. The average Bonchev–Trinajstić information content (AvgIpc) is 2.82.